The van der Waals surface area contributed by atoms with Gasteiger partial charge >= 0.3 is 12.1 Å². The van der Waals surface area contributed by atoms with Gasteiger partial charge in [0, 0.05) is 38.0 Å². The van der Waals surface area contributed by atoms with Crippen LogP contribution >= 0.6 is 0 Å². The van der Waals surface area contributed by atoms with Crippen LogP contribution in [0.15, 0.2) is 30.0 Å². The molecular weight excluding hydrogens is 411 g/mol. The summed E-state index contributed by atoms with van der Waals surface area (Å²) in [5, 5.41) is 11.1. The van der Waals surface area contributed by atoms with Crippen LogP contribution in [0.25, 0.3) is 0 Å². The van der Waals surface area contributed by atoms with E-state index < -0.39 is 30.6 Å². The van der Waals surface area contributed by atoms with Crippen molar-refractivity contribution >= 4 is 29.3 Å². The maximum atomic E-state index is 14.8. The van der Waals surface area contributed by atoms with E-state index in [1.807, 2.05) is 4.90 Å². The van der Waals surface area contributed by atoms with Crippen LogP contribution in [0.2, 0.25) is 0 Å². The van der Waals surface area contributed by atoms with Crippen molar-refractivity contribution in [3.05, 3.63) is 35.8 Å². The lowest BCUT2D eigenvalue weighted by atomic mass is 10.2. The summed E-state index contributed by atoms with van der Waals surface area (Å²) in [5.74, 6) is -1.14. The number of carboxylic acids is 1. The van der Waals surface area contributed by atoms with Gasteiger partial charge in [-0.05, 0) is 23.8 Å². The summed E-state index contributed by atoms with van der Waals surface area (Å²) >= 11 is 0. The van der Waals surface area contributed by atoms with E-state index in [2.05, 4.69) is 10.8 Å². The molecule has 0 unspecified atom stereocenters. The normalized spacial score (nSPS) is 25.4. The third-order valence-electron chi connectivity index (χ3n) is 5.61. The summed E-state index contributed by atoms with van der Waals surface area (Å²) in [4.78, 5) is 41.6. The molecule has 3 atom stereocenters. The Morgan fingerprint density at radius 2 is 2.06 bits per heavy atom. The summed E-state index contributed by atoms with van der Waals surface area (Å²) < 4.78 is 20.0. The van der Waals surface area contributed by atoms with E-state index in [1.54, 1.807) is 18.3 Å². The maximum absolute atomic E-state index is 14.8. The SMILES string of the molecule is CC(=O)NC[C@H]1CN(c2ccc(N3C[C@@H]4C(=CNOCC(=O)O)[C@@H]4C3)c(F)c2)C(=O)O1. The van der Waals surface area contributed by atoms with Crippen LogP contribution in [0.1, 0.15) is 6.92 Å². The van der Waals surface area contributed by atoms with Crippen LogP contribution in [-0.4, -0.2) is 62.0 Å². The highest BCUT2D eigenvalue weighted by Gasteiger charge is 2.51. The molecule has 3 aliphatic rings. The third kappa shape index (κ3) is 4.55. The van der Waals surface area contributed by atoms with Crippen LogP contribution in [0, 0.1) is 17.7 Å². The van der Waals surface area contributed by atoms with Crippen LogP contribution in [-0.2, 0) is 19.2 Å². The van der Waals surface area contributed by atoms with Gasteiger partial charge in [0.25, 0.3) is 0 Å². The molecule has 10 nitrogen and oxygen atoms in total. The number of hydroxylamine groups is 1. The number of nitrogens with one attached hydrogen (secondary N) is 2. The molecule has 3 fully saturated rings. The number of anilines is 2. The van der Waals surface area contributed by atoms with E-state index in [0.29, 0.717) is 24.5 Å². The Balaban J connectivity index is 1.32. The van der Waals surface area contributed by atoms with Crippen LogP contribution in [0.4, 0.5) is 20.6 Å². The first-order valence-electron chi connectivity index (χ1n) is 9.89. The predicted octanol–water partition coefficient (Wildman–Crippen LogP) is 0.843. The zero-order valence-electron chi connectivity index (χ0n) is 16.8. The van der Waals surface area contributed by atoms with Gasteiger partial charge in [0.2, 0.25) is 5.91 Å². The molecule has 166 valence electrons. The lowest BCUT2D eigenvalue weighted by molar-refractivity contribution is -0.144. The van der Waals surface area contributed by atoms with Crippen molar-refractivity contribution in [1.29, 1.82) is 0 Å². The lowest BCUT2D eigenvalue weighted by Crippen LogP contribution is -2.33. The number of fused-ring (bicyclic) bond motifs is 1. The molecule has 0 aromatic heterocycles. The topological polar surface area (TPSA) is 120 Å². The monoisotopic (exact) mass is 434 g/mol. The molecule has 4 rings (SSSR count). The standard InChI is InChI=1S/C20H23FN4O6/c1-11(26)22-5-13-7-25(20(29)31-13)12-2-3-18(17(21)4-12)24-8-15-14(16(15)9-24)6-23-30-10-19(27)28/h2-4,6,13,15-16,23H,5,7-10H2,1H3,(H,22,26)(H,27,28)/t13-,15-,16+/m0/s1. The molecule has 1 aromatic carbocycles. The molecule has 1 aliphatic carbocycles. The highest BCUT2D eigenvalue weighted by Crippen LogP contribution is 2.52. The number of cyclic esters (lactones) is 1. The highest BCUT2D eigenvalue weighted by molar-refractivity contribution is 5.90. The smallest absolute Gasteiger partial charge is 0.414 e. The van der Waals surface area contributed by atoms with Crippen molar-refractivity contribution in [3.8, 4) is 0 Å². The fraction of sp³-hybridized carbons (Fsp3) is 0.450. The van der Waals surface area contributed by atoms with E-state index in [1.165, 1.54) is 17.9 Å². The number of hydrogen-bond donors (Lipinski definition) is 3. The van der Waals surface area contributed by atoms with Crippen LogP contribution < -0.4 is 20.6 Å². The van der Waals surface area contributed by atoms with Crippen LogP contribution in [0.5, 0.6) is 0 Å². The second-order valence-electron chi connectivity index (χ2n) is 7.75. The number of aliphatic carboxylic acids is 1. The van der Waals surface area contributed by atoms with Gasteiger partial charge in [-0.15, -0.1) is 0 Å². The molecule has 31 heavy (non-hydrogen) atoms. The number of halogens is 1. The van der Waals surface area contributed by atoms with E-state index in [0.717, 1.165) is 5.57 Å². The molecule has 0 bridgehead atoms. The number of amides is 2. The van der Waals surface area contributed by atoms with Gasteiger partial charge in [-0.2, -0.15) is 0 Å². The van der Waals surface area contributed by atoms with Crippen molar-refractivity contribution in [2.45, 2.75) is 13.0 Å². The average Bonchev–Trinajstić information content (AvgIpc) is 3.03. The quantitative estimate of drug-likeness (QED) is 0.407. The average molecular weight is 434 g/mol. The number of rotatable bonds is 8. The molecule has 3 N–H and O–H groups in total. The van der Waals surface area contributed by atoms with E-state index in [9.17, 15) is 18.8 Å². The second kappa shape index (κ2) is 8.42. The first kappa shape index (κ1) is 20.9. The van der Waals surface area contributed by atoms with Crippen molar-refractivity contribution in [1.82, 2.24) is 10.8 Å². The van der Waals surface area contributed by atoms with Crippen molar-refractivity contribution in [2.24, 2.45) is 11.8 Å². The first-order valence-corrected chi connectivity index (χ1v) is 9.89. The Hall–Kier alpha value is -3.34. The molecule has 0 spiro atoms. The van der Waals surface area contributed by atoms with E-state index in [4.69, 9.17) is 14.7 Å². The Morgan fingerprint density at radius 1 is 1.32 bits per heavy atom. The molecule has 2 heterocycles. The van der Waals surface area contributed by atoms with E-state index in [-0.39, 0.29) is 30.8 Å². The number of ether oxygens (including phenoxy) is 1. The maximum Gasteiger partial charge on any atom is 0.414 e. The Morgan fingerprint density at radius 3 is 2.71 bits per heavy atom. The Kier molecular flexibility index (Phi) is 5.68. The third-order valence-corrected chi connectivity index (χ3v) is 5.61. The van der Waals surface area contributed by atoms with Crippen molar-refractivity contribution in [3.63, 3.8) is 0 Å². The number of hydrogen-bond acceptors (Lipinski definition) is 7. The summed E-state index contributed by atoms with van der Waals surface area (Å²) in [6.07, 6.45) is 0.617. The number of piperidine rings is 1. The minimum absolute atomic E-state index is 0.209. The minimum atomic E-state index is -1.06. The molecule has 2 saturated heterocycles. The van der Waals surface area contributed by atoms with Gasteiger partial charge in [-0.25, -0.2) is 14.0 Å². The Bertz CT molecular complexity index is 924. The predicted molar refractivity (Wildman–Crippen MR) is 107 cm³/mol. The summed E-state index contributed by atoms with van der Waals surface area (Å²) in [7, 11) is 0. The van der Waals surface area contributed by atoms with Gasteiger partial charge in [-0.3, -0.25) is 20.0 Å². The molecule has 0 radical (unpaired) electrons. The number of carbonyl (C=O) groups excluding carboxylic acids is 2. The zero-order chi connectivity index (χ0) is 22.1. The number of benzene rings is 1. The molecule has 1 aromatic rings. The summed E-state index contributed by atoms with van der Waals surface area (Å²) in [5.41, 5.74) is 4.52. The molecular formula is C20H23FN4O6. The van der Waals surface area contributed by atoms with Gasteiger partial charge < -0.3 is 20.1 Å². The zero-order valence-corrected chi connectivity index (χ0v) is 16.8. The minimum Gasteiger partial charge on any atom is -0.479 e. The molecule has 11 heteroatoms. The molecule has 2 aliphatic heterocycles. The van der Waals surface area contributed by atoms with Gasteiger partial charge in [0.1, 0.15) is 11.9 Å². The van der Waals surface area contributed by atoms with Gasteiger partial charge in [0.05, 0.1) is 24.5 Å². The van der Waals surface area contributed by atoms with Crippen molar-refractivity contribution in [2.75, 3.05) is 42.6 Å². The Labute approximate surface area is 177 Å². The van der Waals surface area contributed by atoms with E-state index >= 15 is 0 Å². The summed E-state index contributed by atoms with van der Waals surface area (Å²) in [6.45, 7) is 2.70. The fourth-order valence-corrected chi connectivity index (χ4v) is 4.06. The highest BCUT2D eigenvalue weighted by atomic mass is 19.1. The largest absolute Gasteiger partial charge is 0.479 e. The summed E-state index contributed by atoms with van der Waals surface area (Å²) in [6, 6.07) is 4.66. The van der Waals surface area contributed by atoms with Crippen LogP contribution in [0.3, 0.4) is 0 Å². The molecule has 1 saturated carbocycles. The number of nitrogens with zero attached hydrogens (tertiary/aromatic N) is 2. The van der Waals surface area contributed by atoms with Crippen molar-refractivity contribution < 1.29 is 33.5 Å². The number of carbonyl (C=O) groups is 3. The fourth-order valence-electron chi connectivity index (χ4n) is 4.06. The molecule has 2 amide bonds. The number of carboxylic acid groups (broad SMARTS) is 1. The first-order chi connectivity index (χ1) is 14.8. The second-order valence-corrected chi connectivity index (χ2v) is 7.75. The van der Waals surface area contributed by atoms with Gasteiger partial charge in [0.15, 0.2) is 6.61 Å². The van der Waals surface area contributed by atoms with Gasteiger partial charge in [-0.1, -0.05) is 0 Å². The lowest BCUT2D eigenvalue weighted by Gasteiger charge is -2.22.